The van der Waals surface area contributed by atoms with E-state index in [1.165, 1.54) is 17.3 Å². The molecule has 0 aliphatic rings. The van der Waals surface area contributed by atoms with E-state index in [-0.39, 0.29) is 11.7 Å². The van der Waals surface area contributed by atoms with Gasteiger partial charge in [-0.15, -0.1) is 0 Å². The summed E-state index contributed by atoms with van der Waals surface area (Å²) in [6.45, 7) is 2.05. The molecule has 0 fully saturated rings. The van der Waals surface area contributed by atoms with Gasteiger partial charge in [0.15, 0.2) is 0 Å². The number of aromatic nitrogens is 3. The van der Waals surface area contributed by atoms with Crippen LogP contribution in [-0.2, 0) is 4.79 Å². The van der Waals surface area contributed by atoms with E-state index in [9.17, 15) is 4.79 Å². The van der Waals surface area contributed by atoms with Crippen LogP contribution in [0.15, 0.2) is 72.0 Å². The third-order valence-electron chi connectivity index (χ3n) is 4.36. The van der Waals surface area contributed by atoms with Crippen LogP contribution < -0.4 is 5.32 Å². The molecule has 29 heavy (non-hydrogen) atoms. The van der Waals surface area contributed by atoms with Gasteiger partial charge < -0.3 is 5.32 Å². The molecule has 4 rings (SSSR count). The van der Waals surface area contributed by atoms with Crippen LogP contribution in [0.2, 0.25) is 0 Å². The zero-order chi connectivity index (χ0) is 20.2. The van der Waals surface area contributed by atoms with Gasteiger partial charge in [-0.05, 0) is 25.1 Å². The Kier molecular flexibility index (Phi) is 5.27. The number of fused-ring (bicyclic) bond motifs is 1. The Hall–Kier alpha value is -3.63. The van der Waals surface area contributed by atoms with E-state index in [1.807, 2.05) is 25.1 Å². The Bertz CT molecular complexity index is 1220. The van der Waals surface area contributed by atoms with E-state index in [4.69, 9.17) is 5.26 Å². The molecule has 4 aromatic rings. The third-order valence-corrected chi connectivity index (χ3v) is 5.36. The van der Waals surface area contributed by atoms with Gasteiger partial charge in [0, 0.05) is 18.0 Å². The molecule has 0 aliphatic heterocycles. The van der Waals surface area contributed by atoms with Gasteiger partial charge in [0.25, 0.3) is 0 Å². The highest BCUT2D eigenvalue weighted by atomic mass is 32.2. The number of rotatable bonds is 5. The van der Waals surface area contributed by atoms with Crippen LogP contribution in [0, 0.1) is 18.3 Å². The summed E-state index contributed by atoms with van der Waals surface area (Å²) in [5.41, 5.74) is 4.87. The number of hydrogen-bond donors (Lipinski definition) is 1. The number of hydrogen-bond acceptors (Lipinski definition) is 5. The molecule has 0 aliphatic carbocycles. The molecule has 2 aromatic heterocycles. The minimum Gasteiger partial charge on any atom is -0.324 e. The van der Waals surface area contributed by atoms with Crippen LogP contribution in [0.3, 0.4) is 0 Å². The molecular formula is C22H17N5OS. The first-order valence-electron chi connectivity index (χ1n) is 8.97. The zero-order valence-corrected chi connectivity index (χ0v) is 16.5. The normalized spacial score (nSPS) is 10.6. The van der Waals surface area contributed by atoms with Gasteiger partial charge >= 0.3 is 0 Å². The van der Waals surface area contributed by atoms with Gasteiger partial charge in [-0.25, -0.2) is 9.50 Å². The number of thioether (sulfide) groups is 1. The second-order valence-corrected chi connectivity index (χ2v) is 7.42. The maximum atomic E-state index is 12.4. The highest BCUT2D eigenvalue weighted by Crippen LogP contribution is 2.26. The minimum absolute atomic E-state index is 0.178. The first-order valence-corrected chi connectivity index (χ1v) is 9.96. The molecule has 0 radical (unpaired) electrons. The lowest BCUT2D eigenvalue weighted by molar-refractivity contribution is -0.113. The molecule has 1 N–H and O–H groups in total. The maximum Gasteiger partial charge on any atom is 0.234 e. The van der Waals surface area contributed by atoms with Gasteiger partial charge in [0.2, 0.25) is 5.91 Å². The van der Waals surface area contributed by atoms with Crippen molar-refractivity contribution in [1.82, 2.24) is 14.6 Å². The molecule has 142 valence electrons. The molecule has 7 heteroatoms. The van der Waals surface area contributed by atoms with Crippen LogP contribution in [-0.4, -0.2) is 26.3 Å². The van der Waals surface area contributed by atoms with E-state index in [2.05, 4.69) is 33.6 Å². The Balaban J connectivity index is 1.51. The monoisotopic (exact) mass is 399 g/mol. The standard InChI is InChI=1S/C22H17N5OS/c1-15-6-8-16(9-7-15)19-12-20-22(24-10-11-27(20)26-19)29-14-21(28)25-18-5-3-2-4-17(18)13-23/h2-12H,14H2,1H3,(H,25,28). The number of aryl methyl sites for hydroxylation is 1. The number of anilines is 1. The van der Waals surface area contributed by atoms with Crippen molar-refractivity contribution in [3.63, 3.8) is 0 Å². The molecule has 0 spiro atoms. The second kappa shape index (κ2) is 8.17. The summed E-state index contributed by atoms with van der Waals surface area (Å²) in [4.78, 5) is 16.8. The lowest BCUT2D eigenvalue weighted by Crippen LogP contribution is -2.15. The number of nitriles is 1. The Morgan fingerprint density at radius 3 is 2.79 bits per heavy atom. The largest absolute Gasteiger partial charge is 0.324 e. The summed E-state index contributed by atoms with van der Waals surface area (Å²) in [7, 11) is 0. The number of nitrogens with one attached hydrogen (secondary N) is 1. The number of para-hydroxylation sites is 1. The van der Waals surface area contributed by atoms with Gasteiger partial charge in [-0.2, -0.15) is 10.4 Å². The van der Waals surface area contributed by atoms with Crippen molar-refractivity contribution in [2.45, 2.75) is 11.9 Å². The Morgan fingerprint density at radius 2 is 2.00 bits per heavy atom. The predicted molar refractivity (Wildman–Crippen MR) is 114 cm³/mol. The molecule has 0 unspecified atom stereocenters. The topological polar surface area (TPSA) is 83.1 Å². The lowest BCUT2D eigenvalue weighted by Gasteiger charge is -2.06. The molecule has 1 amide bonds. The number of benzene rings is 2. The van der Waals surface area contributed by atoms with Gasteiger partial charge in [-0.1, -0.05) is 53.7 Å². The fourth-order valence-electron chi connectivity index (χ4n) is 2.88. The molecule has 2 heterocycles. The van der Waals surface area contributed by atoms with Crippen LogP contribution in [0.5, 0.6) is 0 Å². The number of amides is 1. The predicted octanol–water partition coefficient (Wildman–Crippen LogP) is 4.31. The number of carbonyl (C=O) groups excluding carboxylic acids is 1. The third kappa shape index (κ3) is 4.13. The molecule has 0 saturated heterocycles. The second-order valence-electron chi connectivity index (χ2n) is 6.45. The summed E-state index contributed by atoms with van der Waals surface area (Å²) in [5.74, 6) is -0.0166. The van der Waals surface area contributed by atoms with Gasteiger partial charge in [0.1, 0.15) is 11.1 Å². The molecule has 0 atom stereocenters. The van der Waals surface area contributed by atoms with E-state index >= 15 is 0 Å². The van der Waals surface area contributed by atoms with Crippen LogP contribution in [0.4, 0.5) is 5.69 Å². The van der Waals surface area contributed by atoms with E-state index < -0.39 is 0 Å². The lowest BCUT2D eigenvalue weighted by atomic mass is 10.1. The van der Waals surface area contributed by atoms with Gasteiger partial charge in [0.05, 0.1) is 28.2 Å². The van der Waals surface area contributed by atoms with Crippen molar-refractivity contribution in [3.05, 3.63) is 78.1 Å². The van der Waals surface area contributed by atoms with Crippen molar-refractivity contribution in [3.8, 4) is 17.3 Å². The molecule has 6 nitrogen and oxygen atoms in total. The SMILES string of the molecule is Cc1ccc(-c2cc3c(SCC(=O)Nc4ccccc4C#N)nccn3n2)cc1. The average Bonchev–Trinajstić information content (AvgIpc) is 3.18. The summed E-state index contributed by atoms with van der Waals surface area (Å²) in [6.07, 6.45) is 3.46. The van der Waals surface area contributed by atoms with Crippen molar-refractivity contribution in [2.75, 3.05) is 11.1 Å². The Labute approximate surface area is 172 Å². The number of carbonyl (C=O) groups is 1. The summed E-state index contributed by atoms with van der Waals surface area (Å²) in [5, 5.41) is 17.3. The highest BCUT2D eigenvalue weighted by molar-refractivity contribution is 8.00. The van der Waals surface area contributed by atoms with Crippen molar-refractivity contribution in [1.29, 1.82) is 5.26 Å². The molecule has 0 bridgehead atoms. The quantitative estimate of drug-likeness (QED) is 0.506. The van der Waals surface area contributed by atoms with Crippen LogP contribution in [0.1, 0.15) is 11.1 Å². The highest BCUT2D eigenvalue weighted by Gasteiger charge is 2.12. The van der Waals surface area contributed by atoms with Crippen LogP contribution >= 0.6 is 11.8 Å². The number of nitrogens with zero attached hydrogens (tertiary/aromatic N) is 4. The van der Waals surface area contributed by atoms with Crippen molar-refractivity contribution < 1.29 is 4.79 Å². The summed E-state index contributed by atoms with van der Waals surface area (Å²) >= 11 is 1.33. The molecule has 2 aromatic carbocycles. The zero-order valence-electron chi connectivity index (χ0n) is 15.7. The fourth-order valence-corrected chi connectivity index (χ4v) is 3.66. The average molecular weight is 399 g/mol. The first-order chi connectivity index (χ1) is 14.1. The summed E-state index contributed by atoms with van der Waals surface area (Å²) in [6, 6.07) is 19.2. The Morgan fingerprint density at radius 1 is 1.21 bits per heavy atom. The molecule has 0 saturated carbocycles. The van der Waals surface area contributed by atoms with E-state index in [0.29, 0.717) is 11.3 Å². The maximum absolute atomic E-state index is 12.4. The smallest absolute Gasteiger partial charge is 0.234 e. The first kappa shape index (κ1) is 18.7. The van der Waals surface area contributed by atoms with Gasteiger partial charge in [-0.3, -0.25) is 4.79 Å². The minimum atomic E-state index is -0.195. The van der Waals surface area contributed by atoms with E-state index in [0.717, 1.165) is 21.8 Å². The van der Waals surface area contributed by atoms with Crippen molar-refractivity contribution in [2.24, 2.45) is 0 Å². The fraction of sp³-hybridized carbons (Fsp3) is 0.0909. The van der Waals surface area contributed by atoms with Crippen molar-refractivity contribution >= 4 is 28.9 Å². The van der Waals surface area contributed by atoms with Crippen LogP contribution in [0.25, 0.3) is 16.8 Å². The summed E-state index contributed by atoms with van der Waals surface area (Å²) < 4.78 is 1.77. The molecular weight excluding hydrogens is 382 g/mol. The van der Waals surface area contributed by atoms with E-state index in [1.54, 1.807) is 41.2 Å².